The van der Waals surface area contributed by atoms with Crippen molar-refractivity contribution >= 4 is 34.9 Å². The van der Waals surface area contributed by atoms with Crippen molar-refractivity contribution in [1.82, 2.24) is 19.9 Å². The summed E-state index contributed by atoms with van der Waals surface area (Å²) in [5.41, 5.74) is 2.17. The van der Waals surface area contributed by atoms with E-state index in [0.717, 1.165) is 35.0 Å². The molecule has 0 saturated carbocycles. The lowest BCUT2D eigenvalue weighted by molar-refractivity contribution is -0.137. The highest BCUT2D eigenvalue weighted by Crippen LogP contribution is 2.30. The van der Waals surface area contributed by atoms with Crippen LogP contribution < -0.4 is 10.6 Å². The van der Waals surface area contributed by atoms with E-state index in [0.29, 0.717) is 22.9 Å². The molecule has 2 heterocycles. The minimum Gasteiger partial charge on any atom is -0.348 e. The zero-order valence-corrected chi connectivity index (χ0v) is 19.3. The zero-order chi connectivity index (χ0) is 25.0. The largest absolute Gasteiger partial charge is 0.416 e. The maximum absolute atomic E-state index is 12.9. The number of halogens is 3. The van der Waals surface area contributed by atoms with E-state index < -0.39 is 17.6 Å². The lowest BCUT2D eigenvalue weighted by Crippen LogP contribution is -2.23. The number of aromatic nitrogens is 3. The van der Waals surface area contributed by atoms with Crippen LogP contribution in [-0.4, -0.2) is 32.2 Å². The normalized spacial score (nSPS) is 11.4. The van der Waals surface area contributed by atoms with Crippen LogP contribution in [0.2, 0.25) is 0 Å². The van der Waals surface area contributed by atoms with Crippen molar-refractivity contribution in [3.63, 3.8) is 0 Å². The van der Waals surface area contributed by atoms with Crippen molar-refractivity contribution in [2.45, 2.75) is 24.8 Å². The predicted molar refractivity (Wildman–Crippen MR) is 126 cm³/mol. The third kappa shape index (κ3) is 6.18. The van der Waals surface area contributed by atoms with Crippen LogP contribution in [0.25, 0.3) is 5.65 Å². The van der Waals surface area contributed by atoms with E-state index in [9.17, 15) is 22.8 Å². The number of fused-ring (bicyclic) bond motifs is 1. The van der Waals surface area contributed by atoms with E-state index in [1.165, 1.54) is 12.1 Å². The summed E-state index contributed by atoms with van der Waals surface area (Å²) in [5, 5.41) is 13.7. The molecule has 4 aromatic rings. The van der Waals surface area contributed by atoms with Gasteiger partial charge >= 0.3 is 6.18 Å². The summed E-state index contributed by atoms with van der Waals surface area (Å²) in [6.07, 6.45) is -2.92. The molecule has 180 valence electrons. The van der Waals surface area contributed by atoms with Gasteiger partial charge in [-0.3, -0.25) is 14.0 Å². The van der Waals surface area contributed by atoms with Gasteiger partial charge < -0.3 is 10.6 Å². The van der Waals surface area contributed by atoms with Gasteiger partial charge in [0.05, 0.1) is 16.9 Å². The number of alkyl halides is 3. The smallest absolute Gasteiger partial charge is 0.348 e. The van der Waals surface area contributed by atoms with Crippen molar-refractivity contribution in [1.29, 1.82) is 0 Å². The molecule has 2 aromatic carbocycles. The number of hydrogen-bond acceptors (Lipinski definition) is 5. The monoisotopic (exact) mass is 499 g/mol. The Kier molecular flexibility index (Phi) is 7.06. The van der Waals surface area contributed by atoms with E-state index in [1.54, 1.807) is 22.7 Å². The molecule has 0 fully saturated rings. The van der Waals surface area contributed by atoms with Gasteiger partial charge in [0.15, 0.2) is 10.8 Å². The first kappa shape index (κ1) is 24.3. The zero-order valence-electron chi connectivity index (χ0n) is 18.5. The molecule has 2 N–H and O–H groups in total. The Morgan fingerprint density at radius 2 is 1.80 bits per heavy atom. The summed E-state index contributed by atoms with van der Waals surface area (Å²) in [6.45, 7) is 2.36. The maximum atomic E-state index is 12.9. The van der Waals surface area contributed by atoms with E-state index >= 15 is 0 Å². The van der Waals surface area contributed by atoms with Crippen LogP contribution >= 0.6 is 11.8 Å². The number of nitrogens with zero attached hydrogens (tertiary/aromatic N) is 3. The molecule has 0 atom stereocenters. The number of benzene rings is 2. The van der Waals surface area contributed by atoms with Crippen LogP contribution in [0.1, 0.15) is 27.0 Å². The highest BCUT2D eigenvalue weighted by molar-refractivity contribution is 7.99. The Hall–Kier alpha value is -3.86. The molecule has 2 aromatic heterocycles. The van der Waals surface area contributed by atoms with Crippen molar-refractivity contribution in [3.8, 4) is 0 Å². The summed E-state index contributed by atoms with van der Waals surface area (Å²) in [5.74, 6) is -0.890. The Morgan fingerprint density at radius 1 is 1.03 bits per heavy atom. The molecule has 0 unspecified atom stereocenters. The van der Waals surface area contributed by atoms with E-state index in [2.05, 4.69) is 20.8 Å². The van der Waals surface area contributed by atoms with Gasteiger partial charge in [0.1, 0.15) is 0 Å². The first-order chi connectivity index (χ1) is 16.7. The summed E-state index contributed by atoms with van der Waals surface area (Å²) in [7, 11) is 0. The summed E-state index contributed by atoms with van der Waals surface area (Å²) in [6, 6.07) is 15.5. The number of nitrogens with one attached hydrogen (secondary N) is 2. The fourth-order valence-corrected chi connectivity index (χ4v) is 3.91. The molecule has 4 rings (SSSR count). The van der Waals surface area contributed by atoms with Gasteiger partial charge in [-0.15, -0.1) is 10.2 Å². The minimum absolute atomic E-state index is 0.0454. The van der Waals surface area contributed by atoms with Gasteiger partial charge in [-0.1, -0.05) is 47.7 Å². The lowest BCUT2D eigenvalue weighted by Gasteiger charge is -2.09. The molecule has 35 heavy (non-hydrogen) atoms. The first-order valence-electron chi connectivity index (χ1n) is 10.5. The number of carbonyl (C=O) groups excluding carboxylic acids is 2. The number of thioether (sulfide) groups is 1. The molecule has 0 aliphatic heterocycles. The molecule has 0 spiro atoms. The molecule has 0 aliphatic rings. The predicted octanol–water partition coefficient (Wildman–Crippen LogP) is 4.72. The number of anilines is 1. The van der Waals surface area contributed by atoms with E-state index in [1.807, 2.05) is 31.2 Å². The van der Waals surface area contributed by atoms with Crippen LogP contribution in [-0.2, 0) is 17.5 Å². The van der Waals surface area contributed by atoms with Gasteiger partial charge in [-0.05, 0) is 42.8 Å². The molecule has 0 bridgehead atoms. The Labute approximate surface area is 202 Å². The number of aryl methyl sites for hydroxylation is 1. The summed E-state index contributed by atoms with van der Waals surface area (Å²) >= 11 is 1.05. The fraction of sp³-hybridized carbons (Fsp3) is 0.167. The Balaban J connectivity index is 1.39. The summed E-state index contributed by atoms with van der Waals surface area (Å²) in [4.78, 5) is 24.9. The van der Waals surface area contributed by atoms with Crippen molar-refractivity contribution in [2.75, 3.05) is 11.1 Å². The van der Waals surface area contributed by atoms with Crippen LogP contribution in [0, 0.1) is 6.92 Å². The Bertz CT molecular complexity index is 1370. The SMILES string of the molecule is Cc1ccc(CNC(=O)c2ccc3nnc(SCC(=O)Nc4cccc(C(F)(F)F)c4)n3c2)cc1. The van der Waals surface area contributed by atoms with Crippen LogP contribution in [0.15, 0.2) is 72.0 Å². The second-order valence-electron chi connectivity index (χ2n) is 7.71. The maximum Gasteiger partial charge on any atom is 0.416 e. The quantitative estimate of drug-likeness (QED) is 0.360. The second-order valence-corrected chi connectivity index (χ2v) is 8.65. The standard InChI is InChI=1S/C24H20F3N5O2S/c1-15-5-7-16(8-6-15)12-28-22(34)17-9-10-20-30-31-23(32(20)13-17)35-14-21(33)29-19-4-2-3-18(11-19)24(25,26)27/h2-11,13H,12,14H2,1H3,(H,28,34)(H,29,33). The molecule has 0 aliphatic carbocycles. The molecule has 0 saturated heterocycles. The molecule has 11 heteroatoms. The van der Waals surface area contributed by atoms with Crippen molar-refractivity contribution in [2.24, 2.45) is 0 Å². The first-order valence-corrected chi connectivity index (χ1v) is 11.5. The second kappa shape index (κ2) is 10.2. The lowest BCUT2D eigenvalue weighted by atomic mass is 10.1. The molecular formula is C24H20F3N5O2S. The van der Waals surface area contributed by atoms with Gasteiger partial charge in [-0.25, -0.2) is 0 Å². The third-order valence-corrected chi connectivity index (χ3v) is 5.96. The minimum atomic E-state index is -4.50. The molecule has 0 radical (unpaired) electrons. The summed E-state index contributed by atoms with van der Waals surface area (Å²) < 4.78 is 40.2. The third-order valence-electron chi connectivity index (χ3n) is 5.01. The topological polar surface area (TPSA) is 88.4 Å². The highest BCUT2D eigenvalue weighted by Gasteiger charge is 2.30. The highest BCUT2D eigenvalue weighted by atomic mass is 32.2. The van der Waals surface area contributed by atoms with Crippen molar-refractivity contribution in [3.05, 3.63) is 89.1 Å². The number of hydrogen-bond donors (Lipinski definition) is 2. The molecule has 2 amide bonds. The van der Waals surface area contributed by atoms with Crippen LogP contribution in [0.5, 0.6) is 0 Å². The average Bonchev–Trinajstić information content (AvgIpc) is 3.24. The average molecular weight is 500 g/mol. The van der Waals surface area contributed by atoms with Crippen molar-refractivity contribution < 1.29 is 22.8 Å². The van der Waals surface area contributed by atoms with Crippen LogP contribution in [0.4, 0.5) is 18.9 Å². The molecular weight excluding hydrogens is 479 g/mol. The van der Waals surface area contributed by atoms with Gasteiger partial charge in [0, 0.05) is 18.4 Å². The van der Waals surface area contributed by atoms with Crippen LogP contribution in [0.3, 0.4) is 0 Å². The molecule has 7 nitrogen and oxygen atoms in total. The van der Waals surface area contributed by atoms with Gasteiger partial charge in [0.2, 0.25) is 5.91 Å². The van der Waals surface area contributed by atoms with E-state index in [4.69, 9.17) is 0 Å². The number of carbonyl (C=O) groups is 2. The fourth-order valence-electron chi connectivity index (χ4n) is 3.19. The number of rotatable bonds is 7. The number of pyridine rings is 1. The number of amides is 2. The van der Waals surface area contributed by atoms with Gasteiger partial charge in [0.25, 0.3) is 5.91 Å². The van der Waals surface area contributed by atoms with E-state index in [-0.39, 0.29) is 17.3 Å². The Morgan fingerprint density at radius 3 is 2.54 bits per heavy atom. The van der Waals surface area contributed by atoms with Gasteiger partial charge in [-0.2, -0.15) is 13.2 Å².